The molecule has 0 saturated carbocycles. The number of alkyl halides is 4. The minimum atomic E-state index is -5.14. The van der Waals surface area contributed by atoms with E-state index >= 15 is 0 Å². The van der Waals surface area contributed by atoms with Crippen LogP contribution in [0.1, 0.15) is 11.3 Å². The molecule has 0 aliphatic rings. The summed E-state index contributed by atoms with van der Waals surface area (Å²) in [5.41, 5.74) is -0.377. The number of nitrogens with zero attached hydrogens (tertiary/aromatic N) is 3. The zero-order valence-electron chi connectivity index (χ0n) is 11.4. The van der Waals surface area contributed by atoms with Crippen molar-refractivity contribution in [1.29, 1.82) is 5.26 Å². The van der Waals surface area contributed by atoms with Crippen LogP contribution < -0.4 is 5.73 Å². The lowest BCUT2D eigenvalue weighted by molar-refractivity contribution is -0.0384. The second-order valence-electron chi connectivity index (χ2n) is 4.34. The van der Waals surface area contributed by atoms with Gasteiger partial charge in [0.2, 0.25) is 0 Å². The van der Waals surface area contributed by atoms with Gasteiger partial charge >= 0.3 is 5.51 Å². The van der Waals surface area contributed by atoms with Gasteiger partial charge in [0.05, 0.1) is 10.0 Å². The average molecular weight is 401 g/mol. The van der Waals surface area contributed by atoms with E-state index in [0.29, 0.717) is 4.68 Å². The number of halogens is 6. The molecule has 0 fully saturated rings. The Labute approximate surface area is 145 Å². The lowest BCUT2D eigenvalue weighted by Gasteiger charge is -2.11. The third kappa shape index (κ3) is 3.19. The Kier molecular flexibility index (Phi) is 5.08. The molecule has 1 aromatic carbocycles. The zero-order valence-corrected chi connectivity index (χ0v) is 13.7. The molecule has 0 saturated heterocycles. The van der Waals surface area contributed by atoms with Gasteiger partial charge in [0.15, 0.2) is 16.5 Å². The molecular formula is C12H6Cl2F4N4OS. The maximum atomic E-state index is 12.7. The van der Waals surface area contributed by atoms with Crippen molar-refractivity contribution in [3.8, 4) is 11.8 Å². The first kappa shape index (κ1) is 18.5. The molecule has 2 N–H and O–H groups in total. The number of anilines is 1. The topological polar surface area (TPSA) is 84.7 Å². The second kappa shape index (κ2) is 6.58. The molecule has 0 amide bonds. The molecule has 1 unspecified atom stereocenters. The van der Waals surface area contributed by atoms with Crippen LogP contribution >= 0.6 is 23.2 Å². The number of hydrogen-bond donors (Lipinski definition) is 1. The predicted molar refractivity (Wildman–Crippen MR) is 80.0 cm³/mol. The lowest BCUT2D eigenvalue weighted by Crippen LogP contribution is -2.18. The summed E-state index contributed by atoms with van der Waals surface area (Å²) in [6, 6.07) is 3.74. The Bertz CT molecular complexity index is 852. The van der Waals surface area contributed by atoms with Gasteiger partial charge in [-0.2, -0.15) is 23.5 Å². The Balaban J connectivity index is 2.74. The molecule has 12 heteroatoms. The smallest absolute Gasteiger partial charge is 0.383 e. The predicted octanol–water partition coefficient (Wildman–Crippen LogP) is 3.73. The highest BCUT2D eigenvalue weighted by Crippen LogP contribution is 2.37. The summed E-state index contributed by atoms with van der Waals surface area (Å²) < 4.78 is 63.0. The molecule has 24 heavy (non-hydrogen) atoms. The fourth-order valence-electron chi connectivity index (χ4n) is 1.86. The van der Waals surface area contributed by atoms with Crippen molar-refractivity contribution in [3.05, 3.63) is 33.4 Å². The van der Waals surface area contributed by atoms with Crippen molar-refractivity contribution in [1.82, 2.24) is 9.78 Å². The number of hydrogen-bond acceptors (Lipinski definition) is 4. The number of nitriles is 1. The van der Waals surface area contributed by atoms with Gasteiger partial charge < -0.3 is 5.73 Å². The van der Waals surface area contributed by atoms with Crippen LogP contribution in [0.2, 0.25) is 10.0 Å². The highest BCUT2D eigenvalue weighted by Gasteiger charge is 2.42. The standard InChI is InChI=1S/C12H6Cl2F4N4OS/c13-6-1-5(3-15)2-7(14)9(6)22-11(20)10(8(4-19)21-22)24(23)12(16,17)18/h1-2H,3,20H2. The highest BCUT2D eigenvalue weighted by atomic mass is 35.5. The Morgan fingerprint density at radius 2 is 1.88 bits per heavy atom. The quantitative estimate of drug-likeness (QED) is 0.795. The minimum Gasteiger partial charge on any atom is -0.383 e. The van der Waals surface area contributed by atoms with E-state index in [9.17, 15) is 21.8 Å². The summed E-state index contributed by atoms with van der Waals surface area (Å²) in [5, 5.41) is 12.2. The molecule has 0 spiro atoms. The number of benzene rings is 1. The van der Waals surface area contributed by atoms with Gasteiger partial charge in [-0.25, -0.2) is 13.3 Å². The lowest BCUT2D eigenvalue weighted by atomic mass is 10.2. The van der Waals surface area contributed by atoms with Crippen molar-refractivity contribution < 1.29 is 21.8 Å². The summed E-state index contributed by atoms with van der Waals surface area (Å²) in [7, 11) is -3.57. The van der Waals surface area contributed by atoms with Crippen LogP contribution in [-0.2, 0) is 17.5 Å². The van der Waals surface area contributed by atoms with Gasteiger partial charge in [-0.15, -0.1) is 0 Å². The third-order valence-corrected chi connectivity index (χ3v) is 4.59. The summed E-state index contributed by atoms with van der Waals surface area (Å²) in [4.78, 5) is -0.994. The molecule has 0 aliphatic carbocycles. The maximum absolute atomic E-state index is 12.7. The van der Waals surface area contributed by atoms with Crippen molar-refractivity contribution in [2.75, 3.05) is 5.73 Å². The largest absolute Gasteiger partial charge is 0.476 e. The van der Waals surface area contributed by atoms with Crippen LogP contribution in [0, 0.1) is 11.3 Å². The molecule has 2 rings (SSSR count). The minimum absolute atomic E-state index is 0.124. The first-order valence-corrected chi connectivity index (χ1v) is 7.83. The summed E-state index contributed by atoms with van der Waals surface area (Å²) in [6.07, 6.45) is 0. The monoisotopic (exact) mass is 400 g/mol. The van der Waals surface area contributed by atoms with Crippen LogP contribution in [0.4, 0.5) is 23.4 Å². The molecule has 0 radical (unpaired) electrons. The summed E-state index contributed by atoms with van der Waals surface area (Å²) in [6.45, 7) is -0.874. The number of nitrogen functional groups attached to an aromatic ring is 1. The fourth-order valence-corrected chi connectivity index (χ4v) is 3.32. The van der Waals surface area contributed by atoms with Gasteiger partial charge in [0.1, 0.15) is 29.1 Å². The molecule has 0 aliphatic heterocycles. The highest BCUT2D eigenvalue weighted by molar-refractivity contribution is 7.86. The first-order chi connectivity index (χ1) is 11.1. The molecule has 5 nitrogen and oxygen atoms in total. The van der Waals surface area contributed by atoms with Gasteiger partial charge in [-0.3, -0.25) is 0 Å². The Hall–Kier alpha value is -1.83. The van der Waals surface area contributed by atoms with Crippen molar-refractivity contribution in [2.45, 2.75) is 17.1 Å². The molecule has 2 aromatic rings. The summed E-state index contributed by atoms with van der Waals surface area (Å²) in [5.74, 6) is -0.709. The first-order valence-electron chi connectivity index (χ1n) is 5.93. The van der Waals surface area contributed by atoms with Gasteiger partial charge in [0.25, 0.3) is 0 Å². The maximum Gasteiger partial charge on any atom is 0.476 e. The van der Waals surface area contributed by atoms with E-state index in [0.717, 1.165) is 0 Å². The third-order valence-electron chi connectivity index (χ3n) is 2.82. The van der Waals surface area contributed by atoms with E-state index in [-0.39, 0.29) is 21.3 Å². The van der Waals surface area contributed by atoms with Crippen LogP contribution in [0.3, 0.4) is 0 Å². The van der Waals surface area contributed by atoms with Gasteiger partial charge in [-0.05, 0) is 17.7 Å². The number of aromatic nitrogens is 2. The summed E-state index contributed by atoms with van der Waals surface area (Å²) >= 11 is 11.9. The van der Waals surface area contributed by atoms with Gasteiger partial charge in [0, 0.05) is 0 Å². The van der Waals surface area contributed by atoms with Crippen molar-refractivity contribution in [3.63, 3.8) is 0 Å². The van der Waals surface area contributed by atoms with E-state index in [1.807, 2.05) is 0 Å². The van der Waals surface area contributed by atoms with Crippen LogP contribution in [0.25, 0.3) is 5.69 Å². The Morgan fingerprint density at radius 1 is 1.33 bits per heavy atom. The van der Waals surface area contributed by atoms with E-state index in [1.165, 1.54) is 18.2 Å². The van der Waals surface area contributed by atoms with Gasteiger partial charge in [-0.1, -0.05) is 23.2 Å². The van der Waals surface area contributed by atoms with Crippen LogP contribution in [0.5, 0.6) is 0 Å². The van der Waals surface area contributed by atoms with E-state index < -0.39 is 39.4 Å². The van der Waals surface area contributed by atoms with E-state index in [2.05, 4.69) is 5.10 Å². The SMILES string of the molecule is N#Cc1nn(-c2c(Cl)cc(CF)cc2Cl)c(N)c1S(=O)C(F)(F)F. The molecule has 1 heterocycles. The average Bonchev–Trinajstić information content (AvgIpc) is 2.81. The number of nitrogens with two attached hydrogens (primary N) is 1. The van der Waals surface area contributed by atoms with Crippen LogP contribution in [0.15, 0.2) is 17.0 Å². The second-order valence-corrected chi connectivity index (χ2v) is 6.57. The fraction of sp³-hybridized carbons (Fsp3) is 0.167. The molecular weight excluding hydrogens is 395 g/mol. The van der Waals surface area contributed by atoms with E-state index in [4.69, 9.17) is 34.2 Å². The molecule has 0 bridgehead atoms. The normalized spacial score (nSPS) is 12.9. The Morgan fingerprint density at radius 3 is 2.29 bits per heavy atom. The molecule has 1 aromatic heterocycles. The zero-order chi connectivity index (χ0) is 18.2. The van der Waals surface area contributed by atoms with Crippen molar-refractivity contribution >= 4 is 39.8 Å². The molecule has 1 atom stereocenters. The molecule has 128 valence electrons. The van der Waals surface area contributed by atoms with Crippen LogP contribution in [-0.4, -0.2) is 19.5 Å². The van der Waals surface area contributed by atoms with E-state index in [1.54, 1.807) is 0 Å². The van der Waals surface area contributed by atoms with Crippen molar-refractivity contribution in [2.24, 2.45) is 0 Å². The number of rotatable bonds is 3.